The summed E-state index contributed by atoms with van der Waals surface area (Å²) >= 11 is 1.57. The summed E-state index contributed by atoms with van der Waals surface area (Å²) in [5.74, 6) is 1.36. The number of hydrogen-bond donors (Lipinski definition) is 1. The quantitative estimate of drug-likeness (QED) is 0.409. The largest absolute Gasteiger partial charge is 0.392 e. The third-order valence-corrected chi connectivity index (χ3v) is 11.0. The maximum absolute atomic E-state index is 15.8. The fourth-order valence-corrected chi connectivity index (χ4v) is 9.29. The highest BCUT2D eigenvalue weighted by Crippen LogP contribution is 2.58. The molecule has 2 nitrogen and oxygen atoms in total. The van der Waals surface area contributed by atoms with Crippen LogP contribution in [0.3, 0.4) is 0 Å². The second-order valence-electron chi connectivity index (χ2n) is 10.9. The van der Waals surface area contributed by atoms with E-state index in [0.717, 1.165) is 63.7 Å². The molecule has 0 radical (unpaired) electrons. The van der Waals surface area contributed by atoms with Crippen LogP contribution in [0, 0.1) is 29.6 Å². The van der Waals surface area contributed by atoms with Crippen LogP contribution in [0.15, 0.2) is 0 Å². The molecule has 1 aliphatic heterocycles. The van der Waals surface area contributed by atoms with Gasteiger partial charge in [-0.15, -0.1) is 11.8 Å². The van der Waals surface area contributed by atoms with E-state index in [-0.39, 0.29) is 40.3 Å². The molecule has 180 valence electrons. The molecule has 9 unspecified atom stereocenters. The van der Waals surface area contributed by atoms with E-state index in [2.05, 4.69) is 13.8 Å². The van der Waals surface area contributed by atoms with Crippen LogP contribution in [0.4, 0.5) is 8.78 Å². The molecule has 3 aliphatic carbocycles. The van der Waals surface area contributed by atoms with Crippen LogP contribution in [0.5, 0.6) is 0 Å². The van der Waals surface area contributed by atoms with Gasteiger partial charge in [-0.1, -0.05) is 46.0 Å². The van der Waals surface area contributed by atoms with Gasteiger partial charge < -0.3 is 9.84 Å². The SMILES string of the molecule is CCCCCOC1CCC2C3CCC(C(O)C4CCC(CC)CC4)C(F)C3SC2C1F. The van der Waals surface area contributed by atoms with Crippen LogP contribution in [0.2, 0.25) is 0 Å². The van der Waals surface area contributed by atoms with Gasteiger partial charge in [0.2, 0.25) is 0 Å². The summed E-state index contributed by atoms with van der Waals surface area (Å²) in [5.41, 5.74) is 0. The minimum absolute atomic E-state index is 0.117. The Morgan fingerprint density at radius 3 is 2.23 bits per heavy atom. The van der Waals surface area contributed by atoms with Crippen LogP contribution in [0.25, 0.3) is 0 Å². The van der Waals surface area contributed by atoms with Crippen LogP contribution >= 0.6 is 11.8 Å². The van der Waals surface area contributed by atoms with Gasteiger partial charge in [0.1, 0.15) is 12.3 Å². The molecule has 0 amide bonds. The maximum Gasteiger partial charge on any atom is 0.138 e. The number of fused-ring (bicyclic) bond motifs is 3. The highest BCUT2D eigenvalue weighted by molar-refractivity contribution is 8.00. The monoisotopic (exact) mass is 458 g/mol. The normalized spacial score (nSPS) is 46.4. The van der Waals surface area contributed by atoms with Crippen molar-refractivity contribution in [2.75, 3.05) is 6.61 Å². The van der Waals surface area contributed by atoms with E-state index >= 15 is 8.78 Å². The summed E-state index contributed by atoms with van der Waals surface area (Å²) in [6, 6.07) is 0. The Hall–Kier alpha value is 0.130. The molecule has 0 aromatic heterocycles. The Balaban J connectivity index is 1.33. The van der Waals surface area contributed by atoms with Crippen molar-refractivity contribution in [3.8, 4) is 0 Å². The van der Waals surface area contributed by atoms with E-state index in [1.165, 1.54) is 19.3 Å². The van der Waals surface area contributed by atoms with E-state index in [1.54, 1.807) is 11.8 Å². The zero-order valence-electron chi connectivity index (χ0n) is 19.6. The first-order valence-electron chi connectivity index (χ1n) is 13.3. The summed E-state index contributed by atoms with van der Waals surface area (Å²) < 4.78 is 37.1. The number of unbranched alkanes of at least 4 members (excludes halogenated alkanes) is 2. The molecule has 4 fully saturated rings. The lowest BCUT2D eigenvalue weighted by atomic mass is 9.66. The molecular weight excluding hydrogens is 414 g/mol. The zero-order chi connectivity index (χ0) is 22.0. The van der Waals surface area contributed by atoms with Crippen molar-refractivity contribution < 1.29 is 18.6 Å². The van der Waals surface area contributed by atoms with Crippen LogP contribution < -0.4 is 0 Å². The van der Waals surface area contributed by atoms with Gasteiger partial charge >= 0.3 is 0 Å². The number of rotatable bonds is 8. The van der Waals surface area contributed by atoms with Gasteiger partial charge in [0.15, 0.2) is 0 Å². The maximum atomic E-state index is 15.8. The number of ether oxygens (including phenoxy) is 1. The van der Waals surface area contributed by atoms with Crippen LogP contribution in [0.1, 0.15) is 90.9 Å². The Morgan fingerprint density at radius 2 is 1.55 bits per heavy atom. The average Bonchev–Trinajstić information content (AvgIpc) is 3.18. The molecule has 0 aromatic carbocycles. The molecule has 0 spiro atoms. The molecule has 0 bridgehead atoms. The smallest absolute Gasteiger partial charge is 0.138 e. The summed E-state index contributed by atoms with van der Waals surface area (Å²) in [6.45, 7) is 5.05. The number of alkyl halides is 2. The van der Waals surface area contributed by atoms with Gasteiger partial charge in [0, 0.05) is 23.0 Å². The molecule has 9 atom stereocenters. The molecular formula is C26H44F2O2S. The van der Waals surface area contributed by atoms with E-state index in [4.69, 9.17) is 4.74 Å². The van der Waals surface area contributed by atoms with Crippen molar-refractivity contribution in [3.05, 3.63) is 0 Å². The molecule has 4 aliphatic rings. The molecule has 31 heavy (non-hydrogen) atoms. The first-order valence-corrected chi connectivity index (χ1v) is 14.2. The van der Waals surface area contributed by atoms with Crippen LogP contribution in [-0.2, 0) is 4.74 Å². The number of aliphatic hydroxyl groups excluding tert-OH is 1. The van der Waals surface area contributed by atoms with Gasteiger partial charge in [0.05, 0.1) is 12.2 Å². The van der Waals surface area contributed by atoms with E-state index < -0.39 is 18.4 Å². The van der Waals surface area contributed by atoms with Gasteiger partial charge in [-0.25, -0.2) is 8.78 Å². The third kappa shape index (κ3) is 5.14. The minimum atomic E-state index is -0.996. The Labute approximate surface area is 192 Å². The zero-order valence-corrected chi connectivity index (χ0v) is 20.4. The Bertz CT molecular complexity index is 556. The van der Waals surface area contributed by atoms with Gasteiger partial charge in [-0.05, 0) is 68.6 Å². The van der Waals surface area contributed by atoms with E-state index in [9.17, 15) is 5.11 Å². The molecule has 5 heteroatoms. The van der Waals surface area contributed by atoms with Crippen LogP contribution in [-0.4, -0.2) is 46.8 Å². The molecule has 4 rings (SSSR count). The fraction of sp³-hybridized carbons (Fsp3) is 1.00. The van der Waals surface area contributed by atoms with Crippen molar-refractivity contribution in [2.45, 2.75) is 126 Å². The number of hydrogen-bond acceptors (Lipinski definition) is 3. The predicted octanol–water partition coefficient (Wildman–Crippen LogP) is 6.74. The van der Waals surface area contributed by atoms with Crippen molar-refractivity contribution in [1.29, 1.82) is 0 Å². The minimum Gasteiger partial charge on any atom is -0.392 e. The van der Waals surface area contributed by atoms with Gasteiger partial charge in [-0.2, -0.15) is 0 Å². The first-order chi connectivity index (χ1) is 15.0. The summed E-state index contributed by atoms with van der Waals surface area (Å²) in [6.07, 6.45) is 9.60. The second-order valence-corrected chi connectivity index (χ2v) is 12.3. The number of aliphatic hydroxyl groups is 1. The first kappa shape index (κ1) is 24.3. The highest BCUT2D eigenvalue weighted by Gasteiger charge is 2.57. The lowest BCUT2D eigenvalue weighted by Gasteiger charge is -2.42. The molecule has 1 heterocycles. The lowest BCUT2D eigenvalue weighted by Crippen LogP contribution is -2.47. The summed E-state index contributed by atoms with van der Waals surface area (Å²) in [7, 11) is 0. The molecule has 3 saturated carbocycles. The fourth-order valence-electron chi connectivity index (χ4n) is 7.17. The van der Waals surface area contributed by atoms with Crippen molar-refractivity contribution in [3.63, 3.8) is 0 Å². The number of halogens is 2. The third-order valence-electron chi connectivity index (χ3n) is 9.19. The molecule has 1 N–H and O–H groups in total. The average molecular weight is 459 g/mol. The predicted molar refractivity (Wildman–Crippen MR) is 125 cm³/mol. The highest BCUT2D eigenvalue weighted by atomic mass is 32.2. The Kier molecular flexibility index (Phi) is 8.64. The molecule has 1 saturated heterocycles. The number of thioether (sulfide) groups is 1. The van der Waals surface area contributed by atoms with Crippen molar-refractivity contribution >= 4 is 11.8 Å². The molecule has 0 aromatic rings. The van der Waals surface area contributed by atoms with Gasteiger partial charge in [0.25, 0.3) is 0 Å². The van der Waals surface area contributed by atoms with Crippen molar-refractivity contribution in [2.24, 2.45) is 29.6 Å². The topological polar surface area (TPSA) is 29.5 Å². The summed E-state index contributed by atoms with van der Waals surface area (Å²) in [5, 5.41) is 10.8. The Morgan fingerprint density at radius 1 is 0.871 bits per heavy atom. The van der Waals surface area contributed by atoms with Gasteiger partial charge in [-0.3, -0.25) is 0 Å². The van der Waals surface area contributed by atoms with E-state index in [1.807, 2.05) is 0 Å². The van der Waals surface area contributed by atoms with E-state index in [0.29, 0.717) is 6.61 Å². The second kappa shape index (κ2) is 11.0. The standard InChI is InChI=1S/C26H44F2O2S/c1-3-5-6-15-30-21-14-13-19-18-11-12-20(22(27)25(18)31-26(19)23(21)28)24(29)17-9-7-16(4-2)8-10-17/h16-26,29H,3-15H2,1-2H3. The van der Waals surface area contributed by atoms with Crippen molar-refractivity contribution in [1.82, 2.24) is 0 Å². The lowest BCUT2D eigenvalue weighted by molar-refractivity contribution is -0.0507. The summed E-state index contributed by atoms with van der Waals surface area (Å²) in [4.78, 5) is 0.